The number of rotatable bonds is 5. The molecule has 2 aliphatic rings. The van der Waals surface area contributed by atoms with Crippen molar-refractivity contribution in [3.8, 4) is 0 Å². The Kier molecular flexibility index (Phi) is 5.80. The third kappa shape index (κ3) is 4.54. The molecule has 0 radical (unpaired) electrons. The lowest BCUT2D eigenvalue weighted by molar-refractivity contribution is -0.127. The number of carbonyl (C=O) groups excluding carboxylic acids is 2. The summed E-state index contributed by atoms with van der Waals surface area (Å²) in [6.45, 7) is 1.85. The van der Waals surface area contributed by atoms with Crippen molar-refractivity contribution in [1.29, 1.82) is 0 Å². The molecule has 1 saturated heterocycles. The Morgan fingerprint density at radius 3 is 2.79 bits per heavy atom. The highest BCUT2D eigenvalue weighted by atomic mass is 16.2. The summed E-state index contributed by atoms with van der Waals surface area (Å²) in [6, 6.07) is 4.18. The summed E-state index contributed by atoms with van der Waals surface area (Å²) >= 11 is 0. The first kappa shape index (κ1) is 16.9. The lowest BCUT2D eigenvalue weighted by Gasteiger charge is -2.30. The molecule has 1 atom stereocenters. The van der Waals surface area contributed by atoms with E-state index < -0.39 is 0 Å². The number of likely N-dealkylation sites (tertiary alicyclic amines) is 1. The van der Waals surface area contributed by atoms with E-state index >= 15 is 0 Å². The Hall–Kier alpha value is -1.95. The standard InChI is InChI=1S/C18H26N4O2/c23-17(21-15-5-4-9-19-11-15)12-20-18(24)14-8-10-22(13-14)16-6-2-1-3-7-16/h4-5,9,11,14,16H,1-3,6-8,10,12-13H2,(H,20,24)(H,21,23)/t14-/m1/s1. The number of nitrogens with one attached hydrogen (secondary N) is 2. The number of nitrogens with zero attached hydrogens (tertiary/aromatic N) is 2. The van der Waals surface area contributed by atoms with E-state index in [2.05, 4.69) is 20.5 Å². The van der Waals surface area contributed by atoms with Gasteiger partial charge in [-0.1, -0.05) is 19.3 Å². The summed E-state index contributed by atoms with van der Waals surface area (Å²) in [5, 5.41) is 5.49. The molecule has 1 aromatic heterocycles. The van der Waals surface area contributed by atoms with Gasteiger partial charge in [0.15, 0.2) is 0 Å². The molecule has 0 bridgehead atoms. The molecule has 130 valence electrons. The molecule has 2 amide bonds. The van der Waals surface area contributed by atoms with Gasteiger partial charge >= 0.3 is 0 Å². The highest BCUT2D eigenvalue weighted by Crippen LogP contribution is 2.27. The maximum atomic E-state index is 12.3. The minimum Gasteiger partial charge on any atom is -0.347 e. The van der Waals surface area contributed by atoms with Crippen LogP contribution >= 0.6 is 0 Å². The SMILES string of the molecule is O=C(CNC(=O)[C@@H]1CCN(C2CCCCC2)C1)Nc1cccnc1. The van der Waals surface area contributed by atoms with Gasteiger partial charge in [0.25, 0.3) is 0 Å². The lowest BCUT2D eigenvalue weighted by atomic mass is 9.94. The average molecular weight is 330 g/mol. The van der Waals surface area contributed by atoms with E-state index in [1.165, 1.54) is 32.1 Å². The molecule has 2 N–H and O–H groups in total. The molecule has 6 nitrogen and oxygen atoms in total. The summed E-state index contributed by atoms with van der Waals surface area (Å²) in [5.74, 6) is -0.216. The topological polar surface area (TPSA) is 74.3 Å². The zero-order valence-electron chi connectivity index (χ0n) is 14.0. The Balaban J connectivity index is 1.40. The smallest absolute Gasteiger partial charge is 0.243 e. The molecule has 1 aromatic rings. The van der Waals surface area contributed by atoms with Gasteiger partial charge in [-0.2, -0.15) is 0 Å². The third-order valence-corrected chi connectivity index (χ3v) is 5.05. The molecule has 3 rings (SSSR count). The van der Waals surface area contributed by atoms with Crippen molar-refractivity contribution >= 4 is 17.5 Å². The minimum atomic E-state index is -0.224. The molecule has 6 heteroatoms. The predicted octanol–water partition coefficient (Wildman–Crippen LogP) is 1.79. The molecule has 0 spiro atoms. The fourth-order valence-corrected chi connectivity index (χ4v) is 3.73. The summed E-state index contributed by atoms with van der Waals surface area (Å²) in [5.41, 5.74) is 0.640. The van der Waals surface area contributed by atoms with Crippen LogP contribution < -0.4 is 10.6 Å². The molecule has 1 aliphatic carbocycles. The second-order valence-corrected chi connectivity index (χ2v) is 6.78. The van der Waals surface area contributed by atoms with E-state index in [0.29, 0.717) is 11.7 Å². The van der Waals surface area contributed by atoms with Crippen molar-refractivity contribution in [3.63, 3.8) is 0 Å². The van der Waals surface area contributed by atoms with E-state index in [1.54, 1.807) is 24.5 Å². The van der Waals surface area contributed by atoms with Crippen LogP contribution in [0.1, 0.15) is 38.5 Å². The second kappa shape index (κ2) is 8.24. The summed E-state index contributed by atoms with van der Waals surface area (Å²) in [4.78, 5) is 30.6. The number of aromatic nitrogens is 1. The van der Waals surface area contributed by atoms with E-state index in [4.69, 9.17) is 0 Å². The van der Waals surface area contributed by atoms with E-state index in [1.807, 2.05) is 0 Å². The Bertz CT molecular complexity index is 557. The highest BCUT2D eigenvalue weighted by Gasteiger charge is 2.32. The maximum Gasteiger partial charge on any atom is 0.243 e. The van der Waals surface area contributed by atoms with Gasteiger partial charge < -0.3 is 10.6 Å². The quantitative estimate of drug-likeness (QED) is 0.863. The largest absolute Gasteiger partial charge is 0.347 e. The molecule has 1 aliphatic heterocycles. The van der Waals surface area contributed by atoms with Crippen LogP contribution in [-0.2, 0) is 9.59 Å². The fourth-order valence-electron chi connectivity index (χ4n) is 3.73. The number of carbonyl (C=O) groups is 2. The van der Waals surface area contributed by atoms with Crippen LogP contribution in [0.25, 0.3) is 0 Å². The number of pyridine rings is 1. The zero-order valence-corrected chi connectivity index (χ0v) is 14.0. The minimum absolute atomic E-state index is 0.00496. The Morgan fingerprint density at radius 2 is 2.04 bits per heavy atom. The van der Waals surface area contributed by atoms with Gasteiger partial charge in [-0.25, -0.2) is 0 Å². The normalized spacial score (nSPS) is 22.2. The molecular formula is C18H26N4O2. The average Bonchev–Trinajstić information content (AvgIpc) is 3.11. The van der Waals surface area contributed by atoms with Crippen molar-refractivity contribution in [1.82, 2.24) is 15.2 Å². The Morgan fingerprint density at radius 1 is 1.21 bits per heavy atom. The summed E-state index contributed by atoms with van der Waals surface area (Å²) < 4.78 is 0. The molecular weight excluding hydrogens is 304 g/mol. The molecule has 24 heavy (non-hydrogen) atoms. The summed E-state index contributed by atoms with van der Waals surface area (Å²) in [6.07, 6.45) is 10.6. The highest BCUT2D eigenvalue weighted by molar-refractivity contribution is 5.94. The van der Waals surface area contributed by atoms with Crippen LogP contribution in [0.3, 0.4) is 0 Å². The van der Waals surface area contributed by atoms with Crippen LogP contribution in [0.15, 0.2) is 24.5 Å². The number of amides is 2. The molecule has 0 unspecified atom stereocenters. The van der Waals surface area contributed by atoms with Crippen LogP contribution in [0.4, 0.5) is 5.69 Å². The van der Waals surface area contributed by atoms with Crippen molar-refractivity contribution in [3.05, 3.63) is 24.5 Å². The monoisotopic (exact) mass is 330 g/mol. The predicted molar refractivity (Wildman–Crippen MR) is 92.4 cm³/mol. The van der Waals surface area contributed by atoms with Crippen molar-refractivity contribution < 1.29 is 9.59 Å². The lowest BCUT2D eigenvalue weighted by Crippen LogP contribution is -2.39. The first-order valence-corrected chi connectivity index (χ1v) is 8.94. The second-order valence-electron chi connectivity index (χ2n) is 6.78. The number of hydrogen-bond acceptors (Lipinski definition) is 4. The van der Waals surface area contributed by atoms with E-state index in [-0.39, 0.29) is 24.3 Å². The van der Waals surface area contributed by atoms with Crippen LogP contribution in [0.5, 0.6) is 0 Å². The summed E-state index contributed by atoms with van der Waals surface area (Å²) in [7, 11) is 0. The van der Waals surface area contributed by atoms with Gasteiger partial charge in [0.05, 0.1) is 24.3 Å². The van der Waals surface area contributed by atoms with Gasteiger partial charge in [-0.05, 0) is 37.9 Å². The number of anilines is 1. The first-order valence-electron chi connectivity index (χ1n) is 8.94. The van der Waals surface area contributed by atoms with E-state index in [0.717, 1.165) is 19.5 Å². The van der Waals surface area contributed by atoms with Gasteiger partial charge in [-0.15, -0.1) is 0 Å². The third-order valence-electron chi connectivity index (χ3n) is 5.05. The maximum absolute atomic E-state index is 12.3. The Labute approximate surface area is 143 Å². The molecule has 1 saturated carbocycles. The van der Waals surface area contributed by atoms with Gasteiger partial charge in [0, 0.05) is 18.8 Å². The molecule has 2 heterocycles. The van der Waals surface area contributed by atoms with Crippen LogP contribution in [0.2, 0.25) is 0 Å². The molecule has 2 fully saturated rings. The van der Waals surface area contributed by atoms with Gasteiger partial charge in [0.2, 0.25) is 11.8 Å². The first-order chi connectivity index (χ1) is 11.7. The van der Waals surface area contributed by atoms with Crippen LogP contribution in [0, 0.1) is 5.92 Å². The van der Waals surface area contributed by atoms with Crippen molar-refractivity contribution in [2.75, 3.05) is 25.0 Å². The zero-order chi connectivity index (χ0) is 16.8. The van der Waals surface area contributed by atoms with Gasteiger partial charge in [0.1, 0.15) is 0 Å². The van der Waals surface area contributed by atoms with Crippen LogP contribution in [-0.4, -0.2) is 47.4 Å². The van der Waals surface area contributed by atoms with Crippen molar-refractivity contribution in [2.24, 2.45) is 5.92 Å². The molecule has 0 aromatic carbocycles. The number of hydrogen-bond donors (Lipinski definition) is 2. The van der Waals surface area contributed by atoms with E-state index in [9.17, 15) is 9.59 Å². The van der Waals surface area contributed by atoms with Crippen molar-refractivity contribution in [2.45, 2.75) is 44.6 Å². The van der Waals surface area contributed by atoms with Gasteiger partial charge in [-0.3, -0.25) is 19.5 Å². The fraction of sp³-hybridized carbons (Fsp3) is 0.611.